The van der Waals surface area contributed by atoms with Crippen molar-refractivity contribution in [2.45, 2.75) is 71.3 Å². The Labute approximate surface area is 210 Å². The van der Waals surface area contributed by atoms with Crippen LogP contribution in [0.2, 0.25) is 0 Å². The highest BCUT2D eigenvalue weighted by Gasteiger charge is 2.36. The van der Waals surface area contributed by atoms with Crippen LogP contribution in [0.5, 0.6) is 11.5 Å². The molecule has 0 N–H and O–H groups in total. The lowest BCUT2D eigenvalue weighted by molar-refractivity contribution is -0.871. The molecule has 1 aliphatic rings. The number of benzene rings is 2. The molecule has 2 aromatic carbocycles. The van der Waals surface area contributed by atoms with Crippen LogP contribution in [0.3, 0.4) is 0 Å². The van der Waals surface area contributed by atoms with Gasteiger partial charge in [0.2, 0.25) is 0 Å². The van der Waals surface area contributed by atoms with E-state index in [1.807, 2.05) is 20.8 Å². The molecule has 0 aliphatic carbocycles. The summed E-state index contributed by atoms with van der Waals surface area (Å²) in [6.07, 6.45) is 2.98. The largest absolute Gasteiger partial charge is 0.744 e. The van der Waals surface area contributed by atoms with Crippen LogP contribution in [-0.4, -0.2) is 56.7 Å². The number of fused-ring (bicyclic) bond motifs is 1. The highest BCUT2D eigenvalue weighted by Crippen LogP contribution is 2.44. The topological polar surface area (TPSA) is 92.7 Å². The van der Waals surface area contributed by atoms with E-state index in [2.05, 4.69) is 35.0 Å². The maximum Gasteiger partial charge on any atom is 0.308 e. The fraction of sp³-hybridized carbons (Fsp3) is 0.519. The molecular formula is C27H39NO6S. The van der Waals surface area contributed by atoms with Gasteiger partial charge < -0.3 is 18.5 Å². The van der Waals surface area contributed by atoms with Crippen LogP contribution in [0.4, 0.5) is 0 Å². The standard InChI is InChI=1S/C20H32NO3.C7H8O3S/c1-13-14(2)19-17(15(3)18(13)23-16(4)22)9-10-20(5,24-19)11-12-21(6,7)8;1-6-2-4-7(5-3-6)11(8,9)10/h9-12H2,1-8H3;2-5H,1H3,(H,8,9,10)/q+1;/p-1. The Morgan fingerprint density at radius 3 is 2.11 bits per heavy atom. The zero-order chi connectivity index (χ0) is 26.8. The number of hydrogen-bond donors (Lipinski definition) is 0. The van der Waals surface area contributed by atoms with Gasteiger partial charge in [0.15, 0.2) is 0 Å². The molecule has 2 aromatic rings. The molecule has 0 spiro atoms. The predicted molar refractivity (Wildman–Crippen MR) is 136 cm³/mol. The monoisotopic (exact) mass is 505 g/mol. The van der Waals surface area contributed by atoms with Gasteiger partial charge in [0.25, 0.3) is 0 Å². The number of hydrogen-bond acceptors (Lipinski definition) is 6. The minimum absolute atomic E-state index is 0.134. The third-order valence-corrected chi connectivity index (χ3v) is 7.28. The fourth-order valence-corrected chi connectivity index (χ4v) is 4.50. The SMILES string of the molecule is CC(=O)Oc1c(C)c(C)c2c(c1C)CCC(C)(CC[N+](C)(C)C)O2.Cc1ccc(S(=O)(=O)[O-])cc1. The number of aryl methyl sites for hydroxylation is 1. The molecule has 1 unspecified atom stereocenters. The van der Waals surface area contributed by atoms with Crippen LogP contribution in [0.25, 0.3) is 0 Å². The summed E-state index contributed by atoms with van der Waals surface area (Å²) >= 11 is 0. The first-order valence-corrected chi connectivity index (χ1v) is 13.2. The van der Waals surface area contributed by atoms with Crippen molar-refractivity contribution in [1.82, 2.24) is 0 Å². The Bertz CT molecular complexity index is 1180. The Morgan fingerprint density at radius 1 is 1.06 bits per heavy atom. The molecule has 0 radical (unpaired) electrons. The molecule has 0 amide bonds. The molecule has 0 saturated carbocycles. The van der Waals surface area contributed by atoms with Gasteiger partial charge in [-0.05, 0) is 76.3 Å². The number of rotatable bonds is 5. The summed E-state index contributed by atoms with van der Waals surface area (Å²) in [5, 5.41) is 0. The van der Waals surface area contributed by atoms with Gasteiger partial charge in [-0.15, -0.1) is 0 Å². The quantitative estimate of drug-likeness (QED) is 0.255. The molecule has 1 aliphatic heterocycles. The van der Waals surface area contributed by atoms with E-state index in [-0.39, 0.29) is 16.5 Å². The molecule has 0 fully saturated rings. The maximum atomic E-state index is 11.4. The lowest BCUT2D eigenvalue weighted by Crippen LogP contribution is -2.44. The zero-order valence-corrected chi connectivity index (χ0v) is 23.3. The van der Waals surface area contributed by atoms with Gasteiger partial charge in [0, 0.05) is 18.9 Å². The van der Waals surface area contributed by atoms with E-state index in [1.165, 1.54) is 24.6 Å². The second-order valence-corrected chi connectivity index (χ2v) is 12.1. The van der Waals surface area contributed by atoms with Crippen molar-refractivity contribution < 1.29 is 31.7 Å². The first kappa shape index (κ1) is 28.8. The molecule has 1 atom stereocenters. The van der Waals surface area contributed by atoms with Crippen molar-refractivity contribution in [2.75, 3.05) is 27.7 Å². The van der Waals surface area contributed by atoms with Gasteiger partial charge in [-0.2, -0.15) is 0 Å². The first-order valence-electron chi connectivity index (χ1n) is 11.8. The van der Waals surface area contributed by atoms with Crippen molar-refractivity contribution in [3.63, 3.8) is 0 Å². The second-order valence-electron chi connectivity index (χ2n) is 10.7. The summed E-state index contributed by atoms with van der Waals surface area (Å²) in [5.41, 5.74) is 5.11. The van der Waals surface area contributed by atoms with E-state index < -0.39 is 10.1 Å². The molecule has 0 aromatic heterocycles. The van der Waals surface area contributed by atoms with Crippen LogP contribution >= 0.6 is 0 Å². The van der Waals surface area contributed by atoms with E-state index in [0.717, 1.165) is 58.3 Å². The van der Waals surface area contributed by atoms with Gasteiger partial charge in [0.1, 0.15) is 27.2 Å². The zero-order valence-electron chi connectivity index (χ0n) is 22.4. The normalized spacial score (nSPS) is 17.5. The van der Waals surface area contributed by atoms with Crippen molar-refractivity contribution in [3.05, 3.63) is 52.1 Å². The van der Waals surface area contributed by atoms with Gasteiger partial charge in [0.05, 0.1) is 32.6 Å². The molecule has 3 rings (SSSR count). The number of carbonyl (C=O) groups excluding carboxylic acids is 1. The minimum Gasteiger partial charge on any atom is -0.744 e. The second kappa shape index (κ2) is 10.7. The lowest BCUT2D eigenvalue weighted by atomic mass is 9.85. The van der Waals surface area contributed by atoms with Gasteiger partial charge in [-0.1, -0.05) is 17.7 Å². The first-order chi connectivity index (χ1) is 15.9. The summed E-state index contributed by atoms with van der Waals surface area (Å²) < 4.78 is 44.1. The van der Waals surface area contributed by atoms with Gasteiger partial charge in [-0.25, -0.2) is 8.42 Å². The van der Waals surface area contributed by atoms with E-state index in [4.69, 9.17) is 9.47 Å². The number of esters is 1. The highest BCUT2D eigenvalue weighted by atomic mass is 32.2. The maximum absolute atomic E-state index is 11.4. The summed E-state index contributed by atoms with van der Waals surface area (Å²) in [6, 6.07) is 5.78. The molecule has 0 saturated heterocycles. The summed E-state index contributed by atoms with van der Waals surface area (Å²) in [4.78, 5) is 11.2. The Morgan fingerprint density at radius 2 is 1.63 bits per heavy atom. The van der Waals surface area contributed by atoms with E-state index in [9.17, 15) is 17.8 Å². The molecule has 1 heterocycles. The van der Waals surface area contributed by atoms with E-state index in [1.54, 1.807) is 12.1 Å². The van der Waals surface area contributed by atoms with Crippen LogP contribution in [-0.2, 0) is 21.3 Å². The summed E-state index contributed by atoms with van der Waals surface area (Å²) in [5.74, 6) is 1.43. The van der Waals surface area contributed by atoms with E-state index in [0.29, 0.717) is 5.75 Å². The molecule has 0 bridgehead atoms. The van der Waals surface area contributed by atoms with Gasteiger partial charge in [-0.3, -0.25) is 4.79 Å². The number of nitrogens with zero attached hydrogens (tertiary/aromatic N) is 1. The number of ether oxygens (including phenoxy) is 2. The van der Waals surface area contributed by atoms with Crippen LogP contribution < -0.4 is 9.47 Å². The fourth-order valence-electron chi connectivity index (χ4n) is 4.03. The van der Waals surface area contributed by atoms with Gasteiger partial charge >= 0.3 is 5.97 Å². The van der Waals surface area contributed by atoms with E-state index >= 15 is 0 Å². The number of carbonyl (C=O) groups is 1. The van der Waals surface area contributed by atoms with Crippen LogP contribution in [0.15, 0.2) is 29.2 Å². The van der Waals surface area contributed by atoms with Crippen molar-refractivity contribution in [3.8, 4) is 11.5 Å². The third kappa shape index (κ3) is 7.78. The Hall–Kier alpha value is -2.42. The summed E-state index contributed by atoms with van der Waals surface area (Å²) in [7, 11) is 2.37. The molecule has 7 nitrogen and oxygen atoms in total. The van der Waals surface area contributed by atoms with Crippen molar-refractivity contribution in [1.29, 1.82) is 0 Å². The predicted octanol–water partition coefficient (Wildman–Crippen LogP) is 4.62. The van der Waals surface area contributed by atoms with Crippen LogP contribution in [0, 0.1) is 27.7 Å². The van der Waals surface area contributed by atoms with Crippen molar-refractivity contribution >= 4 is 16.1 Å². The smallest absolute Gasteiger partial charge is 0.308 e. The average molecular weight is 506 g/mol. The molecule has 8 heteroatoms. The average Bonchev–Trinajstić information content (AvgIpc) is 2.73. The van der Waals surface area contributed by atoms with Crippen molar-refractivity contribution in [2.24, 2.45) is 0 Å². The lowest BCUT2D eigenvalue weighted by Gasteiger charge is -2.39. The Kier molecular flexibility index (Phi) is 8.79. The molecule has 35 heavy (non-hydrogen) atoms. The van der Waals surface area contributed by atoms with Crippen LogP contribution in [0.1, 0.15) is 54.5 Å². The Balaban J connectivity index is 0.000000328. The molecular weight excluding hydrogens is 466 g/mol. The highest BCUT2D eigenvalue weighted by molar-refractivity contribution is 7.85. The third-order valence-electron chi connectivity index (χ3n) is 6.43. The summed E-state index contributed by atoms with van der Waals surface area (Å²) in [6.45, 7) is 12.7. The minimum atomic E-state index is -4.27. The number of quaternary nitrogens is 1. The molecule has 194 valence electrons.